The van der Waals surface area contributed by atoms with Crippen molar-refractivity contribution in [1.82, 2.24) is 4.90 Å². The number of amides is 1. The van der Waals surface area contributed by atoms with Crippen molar-refractivity contribution in [3.63, 3.8) is 0 Å². The number of carboxylic acids is 3. The number of thioether (sulfide) groups is 1. The highest BCUT2D eigenvalue weighted by Gasteiger charge is 2.18. The highest BCUT2D eigenvalue weighted by molar-refractivity contribution is 8.13. The first-order valence-electron chi connectivity index (χ1n) is 9.16. The Balaban J connectivity index is 0.000000543. The predicted molar refractivity (Wildman–Crippen MR) is 112 cm³/mol. The molecule has 0 saturated heterocycles. The van der Waals surface area contributed by atoms with E-state index in [0.717, 1.165) is 37.0 Å². The molecule has 0 unspecified atom stereocenters. The van der Waals surface area contributed by atoms with Gasteiger partial charge in [0.15, 0.2) is 0 Å². The summed E-state index contributed by atoms with van der Waals surface area (Å²) in [6.45, 7) is 12.4. The first-order chi connectivity index (χ1) is 13.4. The van der Waals surface area contributed by atoms with Gasteiger partial charge in [0.05, 0.1) is 16.7 Å². The molecule has 1 aromatic carbocycles. The van der Waals surface area contributed by atoms with Crippen LogP contribution < -0.4 is 0 Å². The zero-order valence-electron chi connectivity index (χ0n) is 17.3. The fourth-order valence-electron chi connectivity index (χ4n) is 2.36. The summed E-state index contributed by atoms with van der Waals surface area (Å²) in [5, 5.41) is 26.1. The van der Waals surface area contributed by atoms with Gasteiger partial charge in [0, 0.05) is 13.1 Å². The third-order valence-electron chi connectivity index (χ3n) is 3.42. The smallest absolute Gasteiger partial charge is 0.336 e. The number of benzene rings is 1. The molecule has 0 saturated carbocycles. The number of hydrogen-bond acceptors (Lipinski definition) is 5. The first-order valence-corrected chi connectivity index (χ1v) is 10.1. The van der Waals surface area contributed by atoms with Gasteiger partial charge in [-0.3, -0.25) is 4.79 Å². The van der Waals surface area contributed by atoms with Crippen molar-refractivity contribution in [3.05, 3.63) is 34.9 Å². The number of hydrogen-bond donors (Lipinski definition) is 3. The van der Waals surface area contributed by atoms with Crippen molar-refractivity contribution in [2.45, 2.75) is 34.6 Å². The van der Waals surface area contributed by atoms with E-state index in [4.69, 9.17) is 15.3 Å². The number of carbonyl (C=O) groups excluding carboxylic acids is 1. The van der Waals surface area contributed by atoms with E-state index in [0.29, 0.717) is 11.8 Å². The molecule has 0 radical (unpaired) electrons. The van der Waals surface area contributed by atoms with Gasteiger partial charge in [0.25, 0.3) is 5.24 Å². The number of carboxylic acid groups (broad SMARTS) is 3. The fourth-order valence-corrected chi connectivity index (χ4v) is 2.94. The van der Waals surface area contributed by atoms with E-state index in [9.17, 15) is 19.2 Å². The highest BCUT2D eigenvalue weighted by Crippen LogP contribution is 2.13. The Bertz CT molecular complexity index is 722. The summed E-state index contributed by atoms with van der Waals surface area (Å²) in [4.78, 5) is 45.4. The number of aromatic carboxylic acids is 3. The van der Waals surface area contributed by atoms with Gasteiger partial charge in [0.1, 0.15) is 0 Å². The minimum absolute atomic E-state index is 0.231. The molecule has 8 nitrogen and oxygen atoms in total. The number of nitrogens with zero attached hydrogens (tertiary/aromatic N) is 1. The molecule has 1 rings (SSSR count). The van der Waals surface area contributed by atoms with E-state index >= 15 is 0 Å². The number of carbonyl (C=O) groups is 4. The molecule has 0 aromatic heterocycles. The van der Waals surface area contributed by atoms with Crippen LogP contribution in [0.15, 0.2) is 18.2 Å². The Morgan fingerprint density at radius 1 is 0.862 bits per heavy atom. The van der Waals surface area contributed by atoms with Crippen molar-refractivity contribution in [2.24, 2.45) is 11.8 Å². The Hall–Kier alpha value is -2.55. The van der Waals surface area contributed by atoms with E-state index < -0.39 is 29.0 Å². The van der Waals surface area contributed by atoms with Crippen LogP contribution in [-0.4, -0.2) is 62.2 Å². The van der Waals surface area contributed by atoms with Gasteiger partial charge in [-0.25, -0.2) is 14.4 Å². The summed E-state index contributed by atoms with van der Waals surface area (Å²) >= 11 is 1.41. The van der Waals surface area contributed by atoms with Crippen LogP contribution in [0.2, 0.25) is 0 Å². The first kappa shape index (κ1) is 26.4. The highest BCUT2D eigenvalue weighted by atomic mass is 32.2. The standard InChI is InChI=1S/C11H23NOS.C9H6O6/c1-6-14-11(13)12(7-9(2)3)8-10(4)5;10-7(11)4-1-2-5(8(12)13)6(3-4)9(14)15/h9-10H,6-8H2,1-5H3;1-3H,(H,10,11)(H,12,13)(H,14,15). The van der Waals surface area contributed by atoms with Crippen LogP contribution in [-0.2, 0) is 0 Å². The van der Waals surface area contributed by atoms with Crippen LogP contribution >= 0.6 is 11.8 Å². The second kappa shape index (κ2) is 12.8. The van der Waals surface area contributed by atoms with Gasteiger partial charge in [-0.2, -0.15) is 0 Å². The van der Waals surface area contributed by atoms with Gasteiger partial charge in [-0.15, -0.1) is 0 Å². The molecule has 0 bridgehead atoms. The lowest BCUT2D eigenvalue weighted by Crippen LogP contribution is -2.34. The Kier molecular flexibility index (Phi) is 11.7. The molecule has 162 valence electrons. The molecule has 1 aromatic rings. The van der Waals surface area contributed by atoms with Crippen molar-refractivity contribution in [1.29, 1.82) is 0 Å². The SMILES string of the molecule is CCSC(=O)N(CC(C)C)CC(C)C.O=C(O)c1ccc(C(=O)O)c(C(=O)O)c1. The summed E-state index contributed by atoms with van der Waals surface area (Å²) < 4.78 is 0. The maximum Gasteiger partial charge on any atom is 0.336 e. The van der Waals surface area contributed by atoms with Crippen molar-refractivity contribution < 1.29 is 34.5 Å². The zero-order valence-corrected chi connectivity index (χ0v) is 18.2. The van der Waals surface area contributed by atoms with E-state index in [1.54, 1.807) is 0 Å². The van der Waals surface area contributed by atoms with E-state index in [-0.39, 0.29) is 10.8 Å². The Morgan fingerprint density at radius 2 is 1.34 bits per heavy atom. The van der Waals surface area contributed by atoms with Crippen LogP contribution in [0.5, 0.6) is 0 Å². The molecule has 0 atom stereocenters. The minimum Gasteiger partial charge on any atom is -0.478 e. The lowest BCUT2D eigenvalue weighted by Gasteiger charge is -2.25. The van der Waals surface area contributed by atoms with Crippen molar-refractivity contribution in [2.75, 3.05) is 18.8 Å². The molecule has 0 spiro atoms. The minimum atomic E-state index is -1.48. The normalized spacial score (nSPS) is 10.3. The van der Waals surface area contributed by atoms with Crippen molar-refractivity contribution >= 4 is 34.9 Å². The molecular weight excluding hydrogens is 398 g/mol. The third-order valence-corrected chi connectivity index (χ3v) is 4.22. The second-order valence-electron chi connectivity index (χ2n) is 7.07. The molecule has 0 fully saturated rings. The molecule has 1 amide bonds. The molecule has 0 aliphatic rings. The summed E-state index contributed by atoms with van der Waals surface area (Å²) in [6, 6.07) is 2.81. The van der Waals surface area contributed by atoms with Gasteiger partial charge in [-0.1, -0.05) is 46.4 Å². The lowest BCUT2D eigenvalue weighted by atomic mass is 10.0. The molecule has 0 aliphatic heterocycles. The van der Waals surface area contributed by atoms with Gasteiger partial charge >= 0.3 is 17.9 Å². The van der Waals surface area contributed by atoms with Crippen molar-refractivity contribution in [3.8, 4) is 0 Å². The summed E-state index contributed by atoms with van der Waals surface area (Å²) in [5.41, 5.74) is -1.24. The number of rotatable bonds is 8. The van der Waals surface area contributed by atoms with E-state index in [1.807, 2.05) is 11.8 Å². The Morgan fingerprint density at radius 3 is 1.69 bits per heavy atom. The maximum atomic E-state index is 11.7. The average Bonchev–Trinajstić information content (AvgIpc) is 2.60. The van der Waals surface area contributed by atoms with Crippen LogP contribution in [0.1, 0.15) is 65.7 Å². The quantitative estimate of drug-likeness (QED) is 0.561. The van der Waals surface area contributed by atoms with Gasteiger partial charge < -0.3 is 20.2 Å². The molecule has 9 heteroatoms. The van der Waals surface area contributed by atoms with E-state index in [1.165, 1.54) is 11.8 Å². The fraction of sp³-hybridized carbons (Fsp3) is 0.500. The summed E-state index contributed by atoms with van der Waals surface area (Å²) in [7, 11) is 0. The third kappa shape index (κ3) is 9.98. The van der Waals surface area contributed by atoms with Crippen LogP contribution in [0.4, 0.5) is 4.79 Å². The Labute approximate surface area is 174 Å². The van der Waals surface area contributed by atoms with Gasteiger partial charge in [0.2, 0.25) is 0 Å². The van der Waals surface area contributed by atoms with Crippen LogP contribution in [0.3, 0.4) is 0 Å². The topological polar surface area (TPSA) is 132 Å². The summed E-state index contributed by atoms with van der Waals surface area (Å²) in [6.07, 6.45) is 0. The molecule has 3 N–H and O–H groups in total. The largest absolute Gasteiger partial charge is 0.478 e. The predicted octanol–water partition coefficient (Wildman–Crippen LogP) is 4.25. The lowest BCUT2D eigenvalue weighted by molar-refractivity contribution is 0.0649. The molecule has 0 heterocycles. The monoisotopic (exact) mass is 427 g/mol. The average molecular weight is 428 g/mol. The molecular formula is C20H29NO7S. The molecule has 0 aliphatic carbocycles. The van der Waals surface area contributed by atoms with Crippen LogP contribution in [0, 0.1) is 11.8 Å². The maximum absolute atomic E-state index is 11.7. The van der Waals surface area contributed by atoms with Crippen LogP contribution in [0.25, 0.3) is 0 Å². The zero-order chi connectivity index (χ0) is 22.7. The molecule has 29 heavy (non-hydrogen) atoms. The summed E-state index contributed by atoms with van der Waals surface area (Å²) in [5.74, 6) is -2.23. The van der Waals surface area contributed by atoms with E-state index in [2.05, 4.69) is 27.7 Å². The van der Waals surface area contributed by atoms with Gasteiger partial charge in [-0.05, 0) is 35.8 Å². The second-order valence-corrected chi connectivity index (χ2v) is 8.28.